The molecule has 0 bridgehead atoms. The van der Waals surface area contributed by atoms with E-state index >= 15 is 0 Å². The maximum absolute atomic E-state index is 12.6. The molecule has 0 radical (unpaired) electrons. The number of hydrogen-bond donors (Lipinski definition) is 2. The van der Waals surface area contributed by atoms with E-state index in [1.165, 1.54) is 12.3 Å². The molecule has 0 aliphatic rings. The van der Waals surface area contributed by atoms with Gasteiger partial charge < -0.3 is 15.4 Å². The summed E-state index contributed by atoms with van der Waals surface area (Å²) in [5.41, 5.74) is 3.97. The zero-order valence-electron chi connectivity index (χ0n) is 16.7. The van der Waals surface area contributed by atoms with Crippen LogP contribution in [0, 0.1) is 13.8 Å². The number of aryl methyl sites for hydroxylation is 2. The van der Waals surface area contributed by atoms with E-state index in [0.29, 0.717) is 23.5 Å². The number of pyridine rings is 1. The number of amides is 2. The number of aromatic nitrogens is 1. The van der Waals surface area contributed by atoms with Crippen LogP contribution in [0.2, 0.25) is 0 Å². The smallest absolute Gasteiger partial charge is 0.274 e. The average molecular weight is 389 g/mol. The molecule has 0 saturated carbocycles. The molecule has 0 atom stereocenters. The van der Waals surface area contributed by atoms with Gasteiger partial charge in [-0.25, -0.2) is 0 Å². The van der Waals surface area contributed by atoms with Crippen molar-refractivity contribution in [1.82, 2.24) is 4.98 Å². The highest BCUT2D eigenvalue weighted by molar-refractivity contribution is 6.07. The third kappa shape index (κ3) is 5.42. The molecule has 1 aromatic heterocycles. The molecule has 6 heteroatoms. The lowest BCUT2D eigenvalue weighted by atomic mass is 10.1. The van der Waals surface area contributed by atoms with Gasteiger partial charge >= 0.3 is 0 Å². The molecule has 0 fully saturated rings. The zero-order chi connectivity index (χ0) is 20.8. The van der Waals surface area contributed by atoms with Crippen molar-refractivity contribution in [3.8, 4) is 5.75 Å². The third-order valence-electron chi connectivity index (χ3n) is 4.16. The summed E-state index contributed by atoms with van der Waals surface area (Å²) in [6, 6.07) is 15.9. The number of carbonyl (C=O) groups is 2. The van der Waals surface area contributed by atoms with Crippen LogP contribution >= 0.6 is 0 Å². The second-order valence-electron chi connectivity index (χ2n) is 6.67. The minimum atomic E-state index is -0.393. The molecular formula is C23H23N3O3. The van der Waals surface area contributed by atoms with Crippen LogP contribution in [0.3, 0.4) is 0 Å². The van der Waals surface area contributed by atoms with Gasteiger partial charge in [0, 0.05) is 23.1 Å². The number of rotatable bonds is 6. The van der Waals surface area contributed by atoms with E-state index in [0.717, 1.165) is 16.9 Å². The molecule has 3 aromatic rings. The van der Waals surface area contributed by atoms with Crippen molar-refractivity contribution in [3.63, 3.8) is 0 Å². The Balaban J connectivity index is 1.70. The molecule has 29 heavy (non-hydrogen) atoms. The number of benzene rings is 2. The first-order valence-corrected chi connectivity index (χ1v) is 9.34. The van der Waals surface area contributed by atoms with Crippen LogP contribution in [0.4, 0.5) is 11.4 Å². The van der Waals surface area contributed by atoms with Crippen LogP contribution in [0.25, 0.3) is 0 Å². The highest BCUT2D eigenvalue weighted by atomic mass is 16.5. The van der Waals surface area contributed by atoms with Crippen LogP contribution in [0.1, 0.15) is 38.9 Å². The fourth-order valence-corrected chi connectivity index (χ4v) is 2.94. The lowest BCUT2D eigenvalue weighted by Crippen LogP contribution is -2.17. The van der Waals surface area contributed by atoms with Crippen molar-refractivity contribution in [2.45, 2.75) is 20.8 Å². The average Bonchev–Trinajstić information content (AvgIpc) is 2.69. The molecule has 1 heterocycles. The Morgan fingerprint density at radius 2 is 1.52 bits per heavy atom. The molecule has 2 amide bonds. The number of nitrogens with zero attached hydrogens (tertiary/aromatic N) is 1. The van der Waals surface area contributed by atoms with E-state index in [9.17, 15) is 9.59 Å². The second-order valence-corrected chi connectivity index (χ2v) is 6.67. The fraction of sp³-hybridized carbons (Fsp3) is 0.174. The maximum Gasteiger partial charge on any atom is 0.274 e. The molecule has 0 unspecified atom stereocenters. The first-order chi connectivity index (χ1) is 13.9. The van der Waals surface area contributed by atoms with Crippen molar-refractivity contribution in [1.29, 1.82) is 0 Å². The number of anilines is 2. The lowest BCUT2D eigenvalue weighted by molar-refractivity contribution is 0.102. The summed E-state index contributed by atoms with van der Waals surface area (Å²) in [5, 5.41) is 5.63. The number of carbonyl (C=O) groups excluding carboxylic acids is 2. The van der Waals surface area contributed by atoms with Crippen molar-refractivity contribution < 1.29 is 14.3 Å². The van der Waals surface area contributed by atoms with Crippen molar-refractivity contribution in [3.05, 3.63) is 83.2 Å². The zero-order valence-corrected chi connectivity index (χ0v) is 16.7. The number of hydrogen-bond acceptors (Lipinski definition) is 4. The van der Waals surface area contributed by atoms with Crippen molar-refractivity contribution in [2.24, 2.45) is 0 Å². The highest BCUT2D eigenvalue weighted by Crippen LogP contribution is 2.17. The largest absolute Gasteiger partial charge is 0.494 e. The van der Waals surface area contributed by atoms with Gasteiger partial charge in [0.05, 0.1) is 6.61 Å². The van der Waals surface area contributed by atoms with Crippen LogP contribution in [0.15, 0.2) is 60.8 Å². The summed E-state index contributed by atoms with van der Waals surface area (Å²) in [5.74, 6) is 0.0383. The number of nitrogens with one attached hydrogen (secondary N) is 2. The Bertz CT molecular complexity index is 1010. The molecule has 0 spiro atoms. The predicted molar refractivity (Wildman–Crippen MR) is 114 cm³/mol. The molecule has 0 aliphatic carbocycles. The quantitative estimate of drug-likeness (QED) is 0.646. The summed E-state index contributed by atoms with van der Waals surface area (Å²) in [6.07, 6.45) is 1.45. The SMILES string of the molecule is CCOc1ccc(NC(=O)c2cc(C(=O)Nc3cc(C)cc(C)c3)ccn2)cc1. The molecule has 2 aromatic carbocycles. The van der Waals surface area contributed by atoms with E-state index in [-0.39, 0.29) is 11.6 Å². The van der Waals surface area contributed by atoms with Crippen molar-refractivity contribution in [2.75, 3.05) is 17.2 Å². The molecule has 6 nitrogen and oxygen atoms in total. The van der Waals surface area contributed by atoms with Gasteiger partial charge in [-0.1, -0.05) is 6.07 Å². The van der Waals surface area contributed by atoms with Gasteiger partial charge in [0.1, 0.15) is 11.4 Å². The fourth-order valence-electron chi connectivity index (χ4n) is 2.94. The molecule has 148 valence electrons. The Kier molecular flexibility index (Phi) is 6.24. The second kappa shape index (κ2) is 9.01. The molecule has 3 rings (SSSR count). The minimum absolute atomic E-state index is 0.159. The summed E-state index contributed by atoms with van der Waals surface area (Å²) >= 11 is 0. The van der Waals surface area contributed by atoms with Gasteiger partial charge in [-0.15, -0.1) is 0 Å². The van der Waals surface area contributed by atoms with Gasteiger partial charge in [0.2, 0.25) is 0 Å². The Labute approximate surface area is 169 Å². The molecule has 0 aliphatic heterocycles. The summed E-state index contributed by atoms with van der Waals surface area (Å²) in [6.45, 7) is 6.42. The van der Waals surface area contributed by atoms with E-state index in [1.54, 1.807) is 30.3 Å². The molecule has 0 saturated heterocycles. The Hall–Kier alpha value is -3.67. The molecule has 2 N–H and O–H groups in total. The predicted octanol–water partition coefficient (Wildman–Crippen LogP) is 4.60. The van der Waals surface area contributed by atoms with Crippen LogP contribution in [-0.2, 0) is 0 Å². The van der Waals surface area contributed by atoms with E-state index in [2.05, 4.69) is 15.6 Å². The van der Waals surface area contributed by atoms with Gasteiger partial charge in [0.25, 0.3) is 11.8 Å². The standard InChI is InChI=1S/C23H23N3O3/c1-4-29-20-7-5-18(6-8-20)25-23(28)21-14-17(9-10-24-21)22(27)26-19-12-15(2)11-16(3)13-19/h5-14H,4H2,1-3H3,(H,25,28)(H,26,27). The first-order valence-electron chi connectivity index (χ1n) is 9.34. The van der Waals surface area contributed by atoms with E-state index in [1.807, 2.05) is 39.0 Å². The monoisotopic (exact) mass is 389 g/mol. The van der Waals surface area contributed by atoms with Crippen LogP contribution in [0.5, 0.6) is 5.75 Å². The van der Waals surface area contributed by atoms with Crippen LogP contribution in [-0.4, -0.2) is 23.4 Å². The van der Waals surface area contributed by atoms with Gasteiger partial charge in [-0.3, -0.25) is 14.6 Å². The Morgan fingerprint density at radius 3 is 2.17 bits per heavy atom. The van der Waals surface area contributed by atoms with Gasteiger partial charge in [-0.2, -0.15) is 0 Å². The Morgan fingerprint density at radius 1 is 0.862 bits per heavy atom. The van der Waals surface area contributed by atoms with Crippen molar-refractivity contribution >= 4 is 23.2 Å². The third-order valence-corrected chi connectivity index (χ3v) is 4.16. The van der Waals surface area contributed by atoms with E-state index < -0.39 is 5.91 Å². The maximum atomic E-state index is 12.6. The number of ether oxygens (including phenoxy) is 1. The lowest BCUT2D eigenvalue weighted by Gasteiger charge is -2.09. The van der Waals surface area contributed by atoms with Gasteiger partial charge in [0.15, 0.2) is 0 Å². The van der Waals surface area contributed by atoms with Crippen LogP contribution < -0.4 is 15.4 Å². The van der Waals surface area contributed by atoms with Gasteiger partial charge in [-0.05, 0) is 80.4 Å². The topological polar surface area (TPSA) is 80.3 Å². The summed E-state index contributed by atoms with van der Waals surface area (Å²) in [4.78, 5) is 29.2. The van der Waals surface area contributed by atoms with E-state index in [4.69, 9.17) is 4.74 Å². The summed E-state index contributed by atoms with van der Waals surface area (Å²) < 4.78 is 5.39. The molecular weight excluding hydrogens is 366 g/mol. The summed E-state index contributed by atoms with van der Waals surface area (Å²) in [7, 11) is 0. The highest BCUT2D eigenvalue weighted by Gasteiger charge is 2.13. The normalized spacial score (nSPS) is 10.3. The first kappa shape index (κ1) is 20.1. The minimum Gasteiger partial charge on any atom is -0.494 e.